The Balaban J connectivity index is 1.61. The van der Waals surface area contributed by atoms with Crippen LogP contribution in [0.5, 0.6) is 5.75 Å². The van der Waals surface area contributed by atoms with Gasteiger partial charge in [0.15, 0.2) is 11.5 Å². The molecule has 0 radical (unpaired) electrons. The summed E-state index contributed by atoms with van der Waals surface area (Å²) in [6, 6.07) is 7.01. The number of nitrogens with two attached hydrogens (primary N) is 1. The molecule has 2 N–H and O–H groups in total. The Kier molecular flexibility index (Phi) is 5.87. The summed E-state index contributed by atoms with van der Waals surface area (Å²) in [5.41, 5.74) is 6.66. The molecule has 0 aliphatic carbocycles. The highest BCUT2D eigenvalue weighted by Crippen LogP contribution is 2.41. The Morgan fingerprint density at radius 1 is 1.11 bits per heavy atom. The third-order valence-electron chi connectivity index (χ3n) is 6.26. The second-order valence-electron chi connectivity index (χ2n) is 9.87. The molecule has 0 unspecified atom stereocenters. The number of benzene rings is 1. The highest BCUT2D eigenvalue weighted by Gasteiger charge is 2.48. The van der Waals surface area contributed by atoms with Crippen molar-refractivity contribution in [2.24, 2.45) is 5.73 Å². The Morgan fingerprint density at radius 2 is 1.89 bits per heavy atom. The number of aromatic nitrogens is 4. The Bertz CT molecular complexity index is 1430. The van der Waals surface area contributed by atoms with Crippen molar-refractivity contribution in [3.8, 4) is 17.3 Å². The van der Waals surface area contributed by atoms with Crippen molar-refractivity contribution in [2.75, 3.05) is 13.1 Å². The number of ether oxygens (including phenoxy) is 1. The molecule has 1 aliphatic rings. The number of hydrogen-bond acceptors (Lipinski definition) is 6. The summed E-state index contributed by atoms with van der Waals surface area (Å²) in [6.45, 7) is 5.77. The second kappa shape index (κ2) is 8.67. The van der Waals surface area contributed by atoms with Crippen LogP contribution in [0.4, 0.5) is 17.6 Å². The average Bonchev–Trinajstić information content (AvgIpc) is 3.34. The molecule has 4 heterocycles. The lowest BCUT2D eigenvalue weighted by molar-refractivity contribution is -0.184. The number of hydrogen-bond donors (Lipinski definition) is 1. The minimum absolute atomic E-state index is 0.0560. The molecule has 1 aliphatic heterocycles. The van der Waals surface area contributed by atoms with Gasteiger partial charge in [0.1, 0.15) is 28.8 Å². The standard InChI is InChI=1S/C25H26F4N6O/c1-14(2)36-19-11-17(26)10-15-4-6-18(31-21(15)19)23-33-32-20-7-5-16(12-35(20)23)22(25(27,28)29)34-9-8-24(3,30)13-34/h4-7,10-12,14,22H,8-9,13,30H2,1-3H3/t22-,24-/m0/s1. The normalized spacial score (nSPS) is 20.0. The number of nitrogens with zero attached hydrogens (tertiary/aromatic N) is 5. The lowest BCUT2D eigenvalue weighted by Crippen LogP contribution is -2.43. The van der Waals surface area contributed by atoms with Gasteiger partial charge in [-0.1, -0.05) is 12.1 Å². The summed E-state index contributed by atoms with van der Waals surface area (Å²) in [4.78, 5) is 5.98. The lowest BCUT2D eigenvalue weighted by atomic mass is 10.0. The van der Waals surface area contributed by atoms with E-state index in [1.165, 1.54) is 39.8 Å². The van der Waals surface area contributed by atoms with Gasteiger partial charge in [0.05, 0.1) is 6.10 Å². The first kappa shape index (κ1) is 24.4. The van der Waals surface area contributed by atoms with Crippen molar-refractivity contribution in [1.29, 1.82) is 0 Å². The van der Waals surface area contributed by atoms with E-state index in [0.717, 1.165) is 0 Å². The number of alkyl halides is 3. The van der Waals surface area contributed by atoms with Gasteiger partial charge in [-0.25, -0.2) is 9.37 Å². The maximum Gasteiger partial charge on any atom is 0.408 e. The average molecular weight is 503 g/mol. The molecular weight excluding hydrogens is 476 g/mol. The van der Waals surface area contributed by atoms with E-state index >= 15 is 0 Å². The number of rotatable bonds is 5. The first-order chi connectivity index (χ1) is 16.9. The quantitative estimate of drug-likeness (QED) is 0.391. The molecule has 1 saturated heterocycles. The van der Waals surface area contributed by atoms with Crippen molar-refractivity contribution in [3.05, 3.63) is 54.0 Å². The van der Waals surface area contributed by atoms with Crippen molar-refractivity contribution >= 4 is 16.6 Å². The minimum atomic E-state index is -4.50. The zero-order valence-corrected chi connectivity index (χ0v) is 20.1. The number of likely N-dealkylation sites (tertiary alicyclic amines) is 1. The van der Waals surface area contributed by atoms with Gasteiger partial charge in [-0.05, 0) is 51.0 Å². The van der Waals surface area contributed by atoms with Crippen molar-refractivity contribution < 1.29 is 22.3 Å². The van der Waals surface area contributed by atoms with Crippen molar-refractivity contribution in [1.82, 2.24) is 24.5 Å². The summed E-state index contributed by atoms with van der Waals surface area (Å²) in [6.07, 6.45) is -2.84. The predicted molar refractivity (Wildman–Crippen MR) is 127 cm³/mol. The molecule has 7 nitrogen and oxygen atoms in total. The molecule has 3 aromatic heterocycles. The second-order valence-corrected chi connectivity index (χ2v) is 9.87. The van der Waals surface area contributed by atoms with E-state index in [9.17, 15) is 17.6 Å². The molecule has 1 fully saturated rings. The fraction of sp³-hybridized carbons (Fsp3) is 0.400. The zero-order valence-electron chi connectivity index (χ0n) is 20.1. The molecule has 190 valence electrons. The molecule has 0 spiro atoms. The van der Waals surface area contributed by atoms with E-state index in [1.54, 1.807) is 19.1 Å². The van der Waals surface area contributed by atoms with Crippen LogP contribution >= 0.6 is 0 Å². The van der Waals surface area contributed by atoms with Crippen LogP contribution in [-0.2, 0) is 0 Å². The van der Waals surface area contributed by atoms with Crippen LogP contribution in [0.15, 0.2) is 42.6 Å². The molecule has 4 aromatic rings. The van der Waals surface area contributed by atoms with Crippen LogP contribution in [0.2, 0.25) is 0 Å². The predicted octanol–water partition coefficient (Wildman–Crippen LogP) is 4.90. The molecule has 2 atom stereocenters. The highest BCUT2D eigenvalue weighted by molar-refractivity contribution is 5.86. The number of fused-ring (bicyclic) bond motifs is 2. The van der Waals surface area contributed by atoms with Gasteiger partial charge in [-0.3, -0.25) is 9.30 Å². The maximum absolute atomic E-state index is 14.2. The van der Waals surface area contributed by atoms with E-state index in [2.05, 4.69) is 15.2 Å². The largest absolute Gasteiger partial charge is 0.489 e. The molecule has 0 amide bonds. The monoisotopic (exact) mass is 502 g/mol. The van der Waals surface area contributed by atoms with Gasteiger partial charge in [0.2, 0.25) is 0 Å². The Hall–Kier alpha value is -3.31. The molecule has 0 bridgehead atoms. The Morgan fingerprint density at radius 3 is 2.56 bits per heavy atom. The highest BCUT2D eigenvalue weighted by atomic mass is 19.4. The minimum Gasteiger partial charge on any atom is -0.489 e. The summed E-state index contributed by atoms with van der Waals surface area (Å²) < 4.78 is 64.0. The van der Waals surface area contributed by atoms with Crippen molar-refractivity contribution in [3.63, 3.8) is 0 Å². The molecule has 0 saturated carbocycles. The fourth-order valence-corrected chi connectivity index (χ4v) is 4.73. The van der Waals surface area contributed by atoms with Gasteiger partial charge >= 0.3 is 6.18 Å². The van der Waals surface area contributed by atoms with Gasteiger partial charge in [0.25, 0.3) is 0 Å². The van der Waals surface area contributed by atoms with Crippen LogP contribution < -0.4 is 10.5 Å². The molecule has 5 rings (SSSR count). The van der Waals surface area contributed by atoms with Gasteiger partial charge in [0, 0.05) is 36.3 Å². The smallest absolute Gasteiger partial charge is 0.408 e. The maximum atomic E-state index is 14.2. The first-order valence-corrected chi connectivity index (χ1v) is 11.6. The molecule has 36 heavy (non-hydrogen) atoms. The zero-order chi connectivity index (χ0) is 25.8. The van der Waals surface area contributed by atoms with Crippen LogP contribution in [0.3, 0.4) is 0 Å². The topological polar surface area (TPSA) is 81.6 Å². The first-order valence-electron chi connectivity index (χ1n) is 11.6. The lowest BCUT2D eigenvalue weighted by Gasteiger charge is -2.31. The van der Waals surface area contributed by atoms with Crippen LogP contribution in [0.25, 0.3) is 28.1 Å². The third-order valence-corrected chi connectivity index (χ3v) is 6.26. The molecule has 11 heteroatoms. The van der Waals surface area contributed by atoms with Crippen LogP contribution in [0, 0.1) is 5.82 Å². The third kappa shape index (κ3) is 4.60. The molecule has 1 aromatic carbocycles. The van der Waals surface area contributed by atoms with Gasteiger partial charge in [-0.2, -0.15) is 13.2 Å². The van der Waals surface area contributed by atoms with E-state index in [4.69, 9.17) is 10.5 Å². The van der Waals surface area contributed by atoms with E-state index in [1.807, 2.05) is 13.8 Å². The number of halogens is 4. The summed E-state index contributed by atoms with van der Waals surface area (Å²) in [5, 5.41) is 8.82. The van der Waals surface area contributed by atoms with E-state index in [0.29, 0.717) is 28.7 Å². The van der Waals surface area contributed by atoms with E-state index < -0.39 is 23.6 Å². The van der Waals surface area contributed by atoms with E-state index in [-0.39, 0.29) is 36.3 Å². The van der Waals surface area contributed by atoms with Crippen LogP contribution in [-0.4, -0.2) is 55.4 Å². The van der Waals surface area contributed by atoms with Gasteiger partial charge < -0.3 is 10.5 Å². The SMILES string of the molecule is CC(C)Oc1cc(F)cc2ccc(-c3nnc4ccc([C@H](N5CC[C@](C)(N)C5)C(F)(F)F)cn34)nc12. The summed E-state index contributed by atoms with van der Waals surface area (Å²) in [7, 11) is 0. The molecular formula is C25H26F4N6O. The summed E-state index contributed by atoms with van der Waals surface area (Å²) >= 11 is 0. The fourth-order valence-electron chi connectivity index (χ4n) is 4.73. The van der Waals surface area contributed by atoms with Crippen LogP contribution in [0.1, 0.15) is 38.8 Å². The number of pyridine rings is 2. The van der Waals surface area contributed by atoms with Crippen molar-refractivity contribution in [2.45, 2.75) is 51.1 Å². The Labute approximate surface area is 204 Å². The van der Waals surface area contributed by atoms with Gasteiger partial charge in [-0.15, -0.1) is 10.2 Å². The summed E-state index contributed by atoms with van der Waals surface area (Å²) in [5.74, 6) is 0.0749.